The molecule has 2 aliphatic rings. The maximum atomic E-state index is 12.9. The molecular weight excluding hydrogens is 343 g/mol. The Balaban J connectivity index is 2.52. The fraction of sp³-hybridized carbons (Fsp3) is 0.250. The van der Waals surface area contributed by atoms with Gasteiger partial charge in [0.1, 0.15) is 0 Å². The molecule has 0 aromatic rings. The average molecular weight is 350 g/mol. The van der Waals surface area contributed by atoms with Crippen LogP contribution in [0, 0.1) is 5.92 Å². The average Bonchev–Trinajstić information content (AvgIpc) is 2.37. The Kier molecular flexibility index (Phi) is 3.68. The Morgan fingerprint density at radius 3 is 2.60 bits per heavy atom. The van der Waals surface area contributed by atoms with Crippen LogP contribution in [0.3, 0.4) is 0 Å². The molecule has 1 atom stereocenters. The standard InChI is InChI=1S/C12H7BrF3NO3/c1-20-11(19)7-4-8(18)9-5(12(14,15)16)2-3-6(13)10(9)17-7/h2-4,9H,1H3. The lowest BCUT2D eigenvalue weighted by Gasteiger charge is -2.27. The van der Waals surface area contributed by atoms with E-state index >= 15 is 0 Å². The summed E-state index contributed by atoms with van der Waals surface area (Å²) in [5.74, 6) is -3.29. The van der Waals surface area contributed by atoms with Gasteiger partial charge in [-0.25, -0.2) is 9.79 Å². The highest BCUT2D eigenvalue weighted by Gasteiger charge is 2.46. The molecule has 1 heterocycles. The number of fused-ring (bicyclic) bond motifs is 1. The van der Waals surface area contributed by atoms with Crippen LogP contribution in [0.15, 0.2) is 39.0 Å². The Labute approximate surface area is 119 Å². The van der Waals surface area contributed by atoms with Crippen LogP contribution in [0.1, 0.15) is 0 Å². The minimum Gasteiger partial charge on any atom is -0.464 e. The first-order chi connectivity index (χ1) is 9.25. The summed E-state index contributed by atoms with van der Waals surface area (Å²) >= 11 is 3.04. The minimum absolute atomic E-state index is 0.146. The maximum absolute atomic E-state index is 12.9. The quantitative estimate of drug-likeness (QED) is 0.683. The number of halogens is 4. The van der Waals surface area contributed by atoms with E-state index in [1.165, 1.54) is 0 Å². The Bertz CT molecular complexity index is 614. The molecule has 0 saturated heterocycles. The van der Waals surface area contributed by atoms with Gasteiger partial charge in [0.05, 0.1) is 18.7 Å². The van der Waals surface area contributed by atoms with Crippen LogP contribution in [0.4, 0.5) is 13.2 Å². The maximum Gasteiger partial charge on any atom is 0.413 e. The Hall–Kier alpha value is -1.70. The minimum atomic E-state index is -4.65. The first-order valence-electron chi connectivity index (χ1n) is 5.33. The van der Waals surface area contributed by atoms with E-state index in [1.807, 2.05) is 0 Å². The molecule has 0 bridgehead atoms. The van der Waals surface area contributed by atoms with Gasteiger partial charge in [-0.05, 0) is 22.0 Å². The monoisotopic (exact) mass is 349 g/mol. The van der Waals surface area contributed by atoms with Crippen molar-refractivity contribution in [3.8, 4) is 0 Å². The second-order valence-electron chi connectivity index (χ2n) is 3.99. The molecule has 1 unspecified atom stereocenters. The predicted molar refractivity (Wildman–Crippen MR) is 67.2 cm³/mol. The molecule has 0 amide bonds. The first-order valence-corrected chi connectivity index (χ1v) is 6.12. The van der Waals surface area contributed by atoms with Gasteiger partial charge in [0, 0.05) is 16.1 Å². The summed E-state index contributed by atoms with van der Waals surface area (Å²) in [6, 6.07) is 0. The molecule has 0 aromatic heterocycles. The van der Waals surface area contributed by atoms with E-state index in [0.717, 1.165) is 25.3 Å². The van der Waals surface area contributed by atoms with E-state index in [0.29, 0.717) is 0 Å². The van der Waals surface area contributed by atoms with Crippen LogP contribution in [0.25, 0.3) is 0 Å². The van der Waals surface area contributed by atoms with Gasteiger partial charge in [-0.1, -0.05) is 6.08 Å². The molecule has 106 valence electrons. The van der Waals surface area contributed by atoms with Gasteiger partial charge in [0.15, 0.2) is 11.5 Å². The topological polar surface area (TPSA) is 55.7 Å². The van der Waals surface area contributed by atoms with Gasteiger partial charge in [0.2, 0.25) is 0 Å². The summed E-state index contributed by atoms with van der Waals surface area (Å²) in [6.07, 6.45) is -1.92. The van der Waals surface area contributed by atoms with Crippen molar-refractivity contribution in [1.29, 1.82) is 0 Å². The summed E-state index contributed by atoms with van der Waals surface area (Å²) in [7, 11) is 1.09. The number of methoxy groups -OCH3 is 1. The molecule has 1 aliphatic heterocycles. The van der Waals surface area contributed by atoms with E-state index in [4.69, 9.17) is 0 Å². The smallest absolute Gasteiger partial charge is 0.413 e. The van der Waals surface area contributed by atoms with Crippen molar-refractivity contribution in [2.45, 2.75) is 6.18 Å². The van der Waals surface area contributed by atoms with Crippen molar-refractivity contribution in [2.24, 2.45) is 10.9 Å². The molecule has 0 fully saturated rings. The Morgan fingerprint density at radius 2 is 2.05 bits per heavy atom. The molecule has 0 N–H and O–H groups in total. The van der Waals surface area contributed by atoms with Crippen molar-refractivity contribution in [3.63, 3.8) is 0 Å². The number of nitrogens with zero attached hydrogens (tertiary/aromatic N) is 1. The SMILES string of the molecule is COC(=O)C1=CC(=O)C2C(C(F)(F)F)=CC=C(Br)C2=N1. The third-order valence-electron chi connectivity index (χ3n) is 2.76. The molecule has 0 saturated carbocycles. The summed E-state index contributed by atoms with van der Waals surface area (Å²) in [5.41, 5.74) is -1.48. The number of alkyl halides is 3. The molecule has 8 heteroatoms. The largest absolute Gasteiger partial charge is 0.464 e. The summed E-state index contributed by atoms with van der Waals surface area (Å²) < 4.78 is 43.3. The Morgan fingerprint density at radius 1 is 1.40 bits per heavy atom. The zero-order valence-corrected chi connectivity index (χ0v) is 11.6. The number of carbonyl (C=O) groups is 2. The van der Waals surface area contributed by atoms with Crippen molar-refractivity contribution in [1.82, 2.24) is 0 Å². The number of hydrogen-bond donors (Lipinski definition) is 0. The summed E-state index contributed by atoms with van der Waals surface area (Å²) in [4.78, 5) is 27.1. The zero-order valence-electron chi connectivity index (χ0n) is 9.99. The number of hydrogen-bond acceptors (Lipinski definition) is 4. The second kappa shape index (κ2) is 5.01. The third-order valence-corrected chi connectivity index (χ3v) is 3.44. The van der Waals surface area contributed by atoms with E-state index in [9.17, 15) is 22.8 Å². The number of rotatable bonds is 1. The normalized spacial score (nSPS) is 22.2. The summed E-state index contributed by atoms with van der Waals surface area (Å²) in [5, 5.41) is 0. The fourth-order valence-corrected chi connectivity index (χ4v) is 2.33. The first kappa shape index (κ1) is 14.7. The van der Waals surface area contributed by atoms with Crippen LogP contribution in [-0.2, 0) is 14.3 Å². The highest BCUT2D eigenvalue weighted by molar-refractivity contribution is 9.12. The van der Waals surface area contributed by atoms with Gasteiger partial charge < -0.3 is 4.74 Å². The predicted octanol–water partition coefficient (Wildman–Crippen LogP) is 2.46. The van der Waals surface area contributed by atoms with E-state index in [2.05, 4.69) is 25.7 Å². The number of carbonyl (C=O) groups excluding carboxylic acids is 2. The molecule has 0 spiro atoms. The van der Waals surface area contributed by atoms with Crippen LogP contribution < -0.4 is 0 Å². The van der Waals surface area contributed by atoms with Crippen LogP contribution in [0.2, 0.25) is 0 Å². The zero-order chi connectivity index (χ0) is 15.1. The molecular formula is C12H7BrF3NO3. The molecule has 0 aromatic carbocycles. The van der Waals surface area contributed by atoms with Crippen molar-refractivity contribution in [2.75, 3.05) is 7.11 Å². The van der Waals surface area contributed by atoms with Gasteiger partial charge in [0.25, 0.3) is 0 Å². The van der Waals surface area contributed by atoms with Crippen molar-refractivity contribution < 1.29 is 27.5 Å². The van der Waals surface area contributed by atoms with Crippen LogP contribution in [-0.4, -0.2) is 30.8 Å². The molecule has 1 aliphatic carbocycles. The van der Waals surface area contributed by atoms with Crippen LogP contribution >= 0.6 is 15.9 Å². The van der Waals surface area contributed by atoms with Gasteiger partial charge in [-0.2, -0.15) is 13.2 Å². The van der Waals surface area contributed by atoms with Crippen molar-refractivity contribution in [3.05, 3.63) is 34.0 Å². The van der Waals surface area contributed by atoms with E-state index in [-0.39, 0.29) is 15.9 Å². The number of ether oxygens (including phenoxy) is 1. The highest BCUT2D eigenvalue weighted by Crippen LogP contribution is 2.39. The number of allylic oxidation sites excluding steroid dienone is 5. The summed E-state index contributed by atoms with van der Waals surface area (Å²) in [6.45, 7) is 0. The molecule has 0 radical (unpaired) electrons. The molecule has 2 rings (SSSR count). The third kappa shape index (κ3) is 2.47. The number of ketones is 1. The van der Waals surface area contributed by atoms with Gasteiger partial charge in [-0.3, -0.25) is 4.79 Å². The lowest BCUT2D eigenvalue weighted by molar-refractivity contribution is -0.136. The highest BCUT2D eigenvalue weighted by atomic mass is 79.9. The van der Waals surface area contributed by atoms with E-state index < -0.39 is 29.4 Å². The van der Waals surface area contributed by atoms with Crippen molar-refractivity contribution >= 4 is 33.4 Å². The molecule has 20 heavy (non-hydrogen) atoms. The van der Waals surface area contributed by atoms with Gasteiger partial charge >= 0.3 is 12.1 Å². The second-order valence-corrected chi connectivity index (χ2v) is 4.84. The number of esters is 1. The number of aliphatic imine (C=N–C) groups is 1. The van der Waals surface area contributed by atoms with E-state index in [1.54, 1.807) is 0 Å². The lowest BCUT2D eigenvalue weighted by Crippen LogP contribution is -2.36. The fourth-order valence-electron chi connectivity index (χ4n) is 1.88. The van der Waals surface area contributed by atoms with Crippen LogP contribution in [0.5, 0.6) is 0 Å². The van der Waals surface area contributed by atoms with Gasteiger partial charge in [-0.15, -0.1) is 0 Å². The lowest BCUT2D eigenvalue weighted by atomic mass is 9.83. The molecule has 4 nitrogen and oxygen atoms in total.